The molecular weight excluding hydrogens is 334 g/mol. The summed E-state index contributed by atoms with van der Waals surface area (Å²) in [6.07, 6.45) is 0.458. The van der Waals surface area contributed by atoms with Crippen LogP contribution in [0.15, 0.2) is 51.0 Å². The number of benzene rings is 1. The van der Waals surface area contributed by atoms with Crippen LogP contribution in [0, 0.1) is 0 Å². The number of carbonyl (C=O) groups excluding carboxylic acids is 1. The number of nitrogens with zero attached hydrogens (tertiary/aromatic N) is 1. The first-order valence-corrected chi connectivity index (χ1v) is 8.71. The molecule has 1 aromatic carbocycles. The van der Waals surface area contributed by atoms with Crippen LogP contribution in [0.25, 0.3) is 0 Å². The molecule has 0 saturated carbocycles. The molecule has 7 nitrogen and oxygen atoms in total. The number of fused-ring (bicyclic) bond motifs is 1. The summed E-state index contributed by atoms with van der Waals surface area (Å²) in [7, 11) is -2.74. The molecule has 3 rings (SSSR count). The Kier molecular flexibility index (Phi) is 3.92. The first-order chi connectivity index (χ1) is 11.4. The normalized spacial score (nSPS) is 16.6. The zero-order chi connectivity index (χ0) is 17.5. The van der Waals surface area contributed by atoms with Gasteiger partial charge in [-0.15, -0.1) is 0 Å². The molecule has 2 heterocycles. The second-order valence-electron chi connectivity index (χ2n) is 5.41. The molecule has 0 aliphatic carbocycles. The van der Waals surface area contributed by atoms with E-state index < -0.39 is 33.2 Å². The molecule has 0 saturated heterocycles. The predicted molar refractivity (Wildman–Crippen MR) is 83.6 cm³/mol. The molecule has 126 valence electrons. The highest BCUT2D eigenvalue weighted by atomic mass is 32.2. The average Bonchev–Trinajstić information content (AvgIpc) is 3.03. The van der Waals surface area contributed by atoms with E-state index in [2.05, 4.69) is 4.74 Å². The minimum absolute atomic E-state index is 0.0485. The van der Waals surface area contributed by atoms with Crippen molar-refractivity contribution < 1.29 is 23.1 Å². The van der Waals surface area contributed by atoms with Gasteiger partial charge in [-0.1, -0.05) is 18.2 Å². The number of rotatable bonds is 3. The summed E-state index contributed by atoms with van der Waals surface area (Å²) in [4.78, 5) is 24.0. The highest BCUT2D eigenvalue weighted by Gasteiger charge is 2.36. The summed E-state index contributed by atoms with van der Waals surface area (Å²) in [5.74, 6) is -1.37. The highest BCUT2D eigenvalue weighted by Crippen LogP contribution is 2.33. The molecule has 1 aliphatic rings. The largest absolute Gasteiger partial charge is 0.503 e. The van der Waals surface area contributed by atoms with Crippen molar-refractivity contribution >= 4 is 15.8 Å². The number of methoxy groups -OCH3 is 1. The Morgan fingerprint density at radius 3 is 2.58 bits per heavy atom. The standard InChI is InChI=1S/C16H15NO6S/c1-23-16(20)12-8-7-11-14(9-13(18)15(19)17(11)12)24(21,22)10-5-3-2-4-6-10/h2-6,9,12,18H,7-8H2,1H3. The molecule has 8 heteroatoms. The van der Waals surface area contributed by atoms with Crippen LogP contribution in [-0.2, 0) is 25.8 Å². The topological polar surface area (TPSA) is 103 Å². The van der Waals surface area contributed by atoms with Crippen molar-refractivity contribution in [2.24, 2.45) is 0 Å². The van der Waals surface area contributed by atoms with Crippen molar-refractivity contribution in [1.29, 1.82) is 0 Å². The molecule has 0 amide bonds. The van der Waals surface area contributed by atoms with E-state index in [0.29, 0.717) is 0 Å². The molecule has 0 fully saturated rings. The first kappa shape index (κ1) is 16.3. The minimum atomic E-state index is -3.93. The third-order valence-corrected chi connectivity index (χ3v) is 5.89. The Labute approximate surface area is 138 Å². The van der Waals surface area contributed by atoms with Crippen LogP contribution < -0.4 is 5.56 Å². The predicted octanol–water partition coefficient (Wildman–Crippen LogP) is 1.05. The van der Waals surface area contributed by atoms with Gasteiger partial charge in [0, 0.05) is 11.8 Å². The van der Waals surface area contributed by atoms with Gasteiger partial charge in [0.2, 0.25) is 9.84 Å². The van der Waals surface area contributed by atoms with Crippen LogP contribution in [0.4, 0.5) is 0 Å². The molecule has 0 bridgehead atoms. The summed E-state index contributed by atoms with van der Waals surface area (Å²) < 4.78 is 31.4. The van der Waals surface area contributed by atoms with Crippen molar-refractivity contribution in [3.05, 3.63) is 52.4 Å². The van der Waals surface area contributed by atoms with Crippen LogP contribution in [0.3, 0.4) is 0 Å². The van der Waals surface area contributed by atoms with Crippen LogP contribution in [-0.4, -0.2) is 31.2 Å². The van der Waals surface area contributed by atoms with Crippen LogP contribution in [0.5, 0.6) is 5.75 Å². The zero-order valence-electron chi connectivity index (χ0n) is 12.8. The van der Waals surface area contributed by atoms with Gasteiger partial charge in [0.25, 0.3) is 5.56 Å². The van der Waals surface area contributed by atoms with Gasteiger partial charge >= 0.3 is 5.97 Å². The van der Waals surface area contributed by atoms with Crippen molar-refractivity contribution in [2.75, 3.05) is 7.11 Å². The second kappa shape index (κ2) is 5.79. The number of ether oxygens (including phenoxy) is 1. The number of carbonyl (C=O) groups is 1. The molecular formula is C16H15NO6S. The lowest BCUT2D eigenvalue weighted by Crippen LogP contribution is -2.29. The van der Waals surface area contributed by atoms with Crippen molar-refractivity contribution in [3.63, 3.8) is 0 Å². The monoisotopic (exact) mass is 349 g/mol. The van der Waals surface area contributed by atoms with Crippen molar-refractivity contribution in [2.45, 2.75) is 28.7 Å². The van der Waals surface area contributed by atoms with Gasteiger partial charge in [0.15, 0.2) is 5.75 Å². The third-order valence-electron chi connectivity index (χ3n) is 4.06. The van der Waals surface area contributed by atoms with Gasteiger partial charge in [-0.3, -0.25) is 9.36 Å². The number of hydrogen-bond acceptors (Lipinski definition) is 6. The number of aromatic nitrogens is 1. The summed E-state index contributed by atoms with van der Waals surface area (Å²) in [6, 6.07) is 7.73. The van der Waals surface area contributed by atoms with E-state index in [1.54, 1.807) is 18.2 Å². The molecule has 0 radical (unpaired) electrons. The van der Waals surface area contributed by atoms with Crippen molar-refractivity contribution in [1.82, 2.24) is 4.57 Å². The molecule has 2 aromatic rings. The summed E-state index contributed by atoms with van der Waals surface area (Å²) in [6.45, 7) is 0. The molecule has 1 unspecified atom stereocenters. The van der Waals surface area contributed by atoms with E-state index in [1.165, 1.54) is 19.2 Å². The fourth-order valence-electron chi connectivity index (χ4n) is 2.93. The van der Waals surface area contributed by atoms with Gasteiger partial charge in [0.1, 0.15) is 6.04 Å². The van der Waals surface area contributed by atoms with Gasteiger partial charge in [-0.25, -0.2) is 13.2 Å². The van der Waals surface area contributed by atoms with E-state index in [1.807, 2.05) is 0 Å². The van der Waals surface area contributed by atoms with Gasteiger partial charge < -0.3 is 9.84 Å². The minimum Gasteiger partial charge on any atom is -0.503 e. The third kappa shape index (κ3) is 2.39. The maximum atomic E-state index is 12.9. The van der Waals surface area contributed by atoms with E-state index in [0.717, 1.165) is 10.6 Å². The molecule has 1 N–H and O–H groups in total. The second-order valence-corrected chi connectivity index (χ2v) is 7.33. The maximum absolute atomic E-state index is 12.9. The molecule has 0 spiro atoms. The Balaban J connectivity index is 2.26. The van der Waals surface area contributed by atoms with E-state index in [4.69, 9.17) is 0 Å². The molecule has 24 heavy (non-hydrogen) atoms. The lowest BCUT2D eigenvalue weighted by Gasteiger charge is -2.15. The SMILES string of the molecule is COC(=O)C1CCc2c(S(=O)(=O)c3ccccc3)cc(O)c(=O)n21. The first-order valence-electron chi connectivity index (χ1n) is 7.23. The van der Waals surface area contributed by atoms with Crippen LogP contribution in [0.2, 0.25) is 0 Å². The quantitative estimate of drug-likeness (QED) is 0.831. The Hall–Kier alpha value is -2.61. The number of aromatic hydroxyl groups is 1. The number of pyridine rings is 1. The van der Waals surface area contributed by atoms with Crippen LogP contribution >= 0.6 is 0 Å². The number of esters is 1. The van der Waals surface area contributed by atoms with Gasteiger partial charge in [-0.2, -0.15) is 0 Å². The van der Waals surface area contributed by atoms with E-state index in [9.17, 15) is 23.1 Å². The molecule has 1 aromatic heterocycles. The number of sulfone groups is 1. The zero-order valence-corrected chi connectivity index (χ0v) is 13.6. The lowest BCUT2D eigenvalue weighted by atomic mass is 10.2. The summed E-state index contributed by atoms with van der Waals surface area (Å²) in [5, 5.41) is 9.90. The van der Waals surface area contributed by atoms with Gasteiger partial charge in [0.05, 0.1) is 16.9 Å². The fourth-order valence-corrected chi connectivity index (χ4v) is 4.48. The Bertz CT molecular complexity index is 962. The Morgan fingerprint density at radius 2 is 1.96 bits per heavy atom. The smallest absolute Gasteiger partial charge is 0.328 e. The summed E-state index contributed by atoms with van der Waals surface area (Å²) >= 11 is 0. The molecule has 1 aliphatic heterocycles. The maximum Gasteiger partial charge on any atom is 0.328 e. The molecule has 1 atom stereocenters. The van der Waals surface area contributed by atoms with Crippen molar-refractivity contribution in [3.8, 4) is 5.75 Å². The van der Waals surface area contributed by atoms with E-state index in [-0.39, 0.29) is 28.3 Å². The fraction of sp³-hybridized carbons (Fsp3) is 0.250. The lowest BCUT2D eigenvalue weighted by molar-refractivity contribution is -0.144. The van der Waals surface area contributed by atoms with E-state index >= 15 is 0 Å². The number of hydrogen-bond donors (Lipinski definition) is 1. The Morgan fingerprint density at radius 1 is 1.29 bits per heavy atom. The summed E-state index contributed by atoms with van der Waals surface area (Å²) in [5.41, 5.74) is -0.595. The highest BCUT2D eigenvalue weighted by molar-refractivity contribution is 7.91. The van der Waals surface area contributed by atoms with Gasteiger partial charge in [-0.05, 0) is 25.0 Å². The average molecular weight is 349 g/mol. The van der Waals surface area contributed by atoms with Crippen LogP contribution in [0.1, 0.15) is 18.2 Å².